The second kappa shape index (κ2) is 8.44. The number of terminal acetylenes is 1. The fourth-order valence-electron chi connectivity index (χ4n) is 3.23. The molecule has 1 unspecified atom stereocenters. The number of nitrogens with zero attached hydrogens (tertiary/aromatic N) is 2. The molecule has 0 bridgehead atoms. The van der Waals surface area contributed by atoms with Crippen molar-refractivity contribution in [2.45, 2.75) is 43.9 Å². The summed E-state index contributed by atoms with van der Waals surface area (Å²) in [5.41, 5.74) is 1.10. The van der Waals surface area contributed by atoms with Gasteiger partial charge in [-0.1, -0.05) is 60.7 Å². The molecule has 0 saturated carbocycles. The Balaban J connectivity index is 1.63. The van der Waals surface area contributed by atoms with Crippen LogP contribution in [0.4, 0.5) is 0 Å². The zero-order valence-electron chi connectivity index (χ0n) is 15.4. The van der Waals surface area contributed by atoms with Crippen LogP contribution in [0.3, 0.4) is 0 Å². The number of hydrogen-bond donors (Lipinski definition) is 0. The molecule has 3 nitrogen and oxygen atoms in total. The van der Waals surface area contributed by atoms with Gasteiger partial charge in [-0.15, -0.1) is 12.3 Å². The first-order valence-electron chi connectivity index (χ1n) is 9.27. The Morgan fingerprint density at radius 1 is 1.00 bits per heavy atom. The lowest BCUT2D eigenvalue weighted by atomic mass is 10.1. The van der Waals surface area contributed by atoms with Crippen molar-refractivity contribution in [2.24, 2.45) is 10.2 Å². The van der Waals surface area contributed by atoms with Crippen molar-refractivity contribution < 1.29 is 4.43 Å². The third-order valence-electron chi connectivity index (χ3n) is 5.09. The zero-order chi connectivity index (χ0) is 18.3. The normalized spacial score (nSPS) is 16.6. The maximum atomic E-state index is 6.56. The summed E-state index contributed by atoms with van der Waals surface area (Å²) in [6.45, 7) is 3.00. The predicted molar refractivity (Wildman–Crippen MR) is 109 cm³/mol. The second-order valence-electron chi connectivity index (χ2n) is 7.07. The summed E-state index contributed by atoms with van der Waals surface area (Å²) >= 11 is 0. The maximum Gasteiger partial charge on any atom is 0.221 e. The molecule has 0 aliphatic carbocycles. The molecule has 0 amide bonds. The van der Waals surface area contributed by atoms with Gasteiger partial charge >= 0.3 is 0 Å². The molecule has 0 fully saturated rings. The van der Waals surface area contributed by atoms with Crippen molar-refractivity contribution in [3.8, 4) is 12.3 Å². The van der Waals surface area contributed by atoms with Crippen LogP contribution in [0.15, 0.2) is 70.9 Å². The van der Waals surface area contributed by atoms with Crippen LogP contribution in [-0.4, -0.2) is 20.6 Å². The molecule has 2 aromatic carbocycles. The summed E-state index contributed by atoms with van der Waals surface area (Å²) in [4.78, 5) is 0. The number of rotatable bonds is 10. The SMILES string of the molecule is C#CCCC1(CCO[Si](C)(CCc2ccccc2)c2ccccc2)N=N1. The molecule has 3 rings (SSSR count). The van der Waals surface area contributed by atoms with Crippen molar-refractivity contribution in [3.63, 3.8) is 0 Å². The van der Waals surface area contributed by atoms with E-state index in [9.17, 15) is 0 Å². The second-order valence-corrected chi connectivity index (χ2v) is 10.9. The van der Waals surface area contributed by atoms with E-state index in [1.165, 1.54) is 10.8 Å². The van der Waals surface area contributed by atoms with Crippen molar-refractivity contribution in [3.05, 3.63) is 66.2 Å². The first-order valence-corrected chi connectivity index (χ1v) is 11.9. The fourth-order valence-corrected chi connectivity index (χ4v) is 6.04. The van der Waals surface area contributed by atoms with Crippen LogP contribution in [0.2, 0.25) is 12.6 Å². The van der Waals surface area contributed by atoms with Crippen LogP contribution in [0.5, 0.6) is 0 Å². The molecule has 1 atom stereocenters. The van der Waals surface area contributed by atoms with Crippen molar-refractivity contribution >= 4 is 13.5 Å². The smallest absolute Gasteiger partial charge is 0.221 e. The topological polar surface area (TPSA) is 34.0 Å². The van der Waals surface area contributed by atoms with Gasteiger partial charge in [-0.3, -0.25) is 0 Å². The molecule has 1 heterocycles. The Bertz CT molecular complexity index is 764. The van der Waals surface area contributed by atoms with Gasteiger partial charge in [0.15, 0.2) is 5.66 Å². The maximum absolute atomic E-state index is 6.56. The molecule has 0 radical (unpaired) electrons. The summed E-state index contributed by atoms with van der Waals surface area (Å²) in [6, 6.07) is 22.4. The van der Waals surface area contributed by atoms with Gasteiger partial charge < -0.3 is 4.43 Å². The monoisotopic (exact) mass is 362 g/mol. The van der Waals surface area contributed by atoms with Crippen molar-refractivity contribution in [1.29, 1.82) is 0 Å². The fraction of sp³-hybridized carbons (Fsp3) is 0.364. The summed E-state index contributed by atoms with van der Waals surface area (Å²) < 4.78 is 6.56. The van der Waals surface area contributed by atoms with Gasteiger partial charge in [-0.25, -0.2) is 0 Å². The third-order valence-corrected chi connectivity index (χ3v) is 8.69. The van der Waals surface area contributed by atoms with Gasteiger partial charge in [0.05, 0.1) is 0 Å². The average molecular weight is 363 g/mol. The molecule has 0 N–H and O–H groups in total. The predicted octanol–water partition coefficient (Wildman–Crippen LogP) is 4.69. The van der Waals surface area contributed by atoms with E-state index in [1.807, 2.05) is 0 Å². The third kappa shape index (κ3) is 4.91. The zero-order valence-corrected chi connectivity index (χ0v) is 16.4. The first kappa shape index (κ1) is 18.6. The average Bonchev–Trinajstić information content (AvgIpc) is 3.46. The van der Waals surface area contributed by atoms with Crippen LogP contribution in [0.1, 0.15) is 24.8 Å². The van der Waals surface area contributed by atoms with E-state index in [4.69, 9.17) is 10.8 Å². The van der Waals surface area contributed by atoms with Gasteiger partial charge in [0.2, 0.25) is 8.32 Å². The van der Waals surface area contributed by atoms with Gasteiger partial charge in [0.1, 0.15) is 0 Å². The molecule has 1 aliphatic rings. The van der Waals surface area contributed by atoms with E-state index in [2.05, 4.69) is 83.4 Å². The van der Waals surface area contributed by atoms with Gasteiger partial charge in [0, 0.05) is 25.9 Å². The van der Waals surface area contributed by atoms with Crippen molar-refractivity contribution in [1.82, 2.24) is 0 Å². The van der Waals surface area contributed by atoms with Gasteiger partial charge in [0.25, 0.3) is 0 Å². The Kier molecular flexibility index (Phi) is 6.03. The molecule has 1 aliphatic heterocycles. The highest BCUT2D eigenvalue weighted by Gasteiger charge is 2.40. The van der Waals surface area contributed by atoms with Crippen LogP contribution < -0.4 is 5.19 Å². The van der Waals surface area contributed by atoms with E-state index in [1.54, 1.807) is 0 Å². The highest BCUT2D eigenvalue weighted by Crippen LogP contribution is 2.36. The Hall–Kier alpha value is -2.22. The van der Waals surface area contributed by atoms with Crippen LogP contribution >= 0.6 is 0 Å². The molecular formula is C22H26N2OSi. The largest absolute Gasteiger partial charge is 0.412 e. The van der Waals surface area contributed by atoms with E-state index in [0.29, 0.717) is 13.0 Å². The molecular weight excluding hydrogens is 336 g/mol. The minimum atomic E-state index is -2.04. The van der Waals surface area contributed by atoms with Crippen LogP contribution in [-0.2, 0) is 10.8 Å². The Labute approximate surface area is 157 Å². The highest BCUT2D eigenvalue weighted by atomic mass is 28.4. The summed E-state index contributed by atoms with van der Waals surface area (Å²) in [5, 5.41) is 9.79. The minimum Gasteiger partial charge on any atom is -0.412 e. The molecule has 134 valence electrons. The first-order chi connectivity index (χ1) is 12.7. The summed E-state index contributed by atoms with van der Waals surface area (Å²) in [6.07, 6.45) is 8.79. The summed E-state index contributed by atoms with van der Waals surface area (Å²) in [7, 11) is -2.04. The van der Waals surface area contributed by atoms with Gasteiger partial charge in [-0.05, 0) is 29.8 Å². The molecule has 4 heteroatoms. The lowest BCUT2D eigenvalue weighted by Crippen LogP contribution is -2.48. The van der Waals surface area contributed by atoms with E-state index in [-0.39, 0.29) is 5.66 Å². The van der Waals surface area contributed by atoms with Crippen LogP contribution in [0, 0.1) is 12.3 Å². The number of aryl methyl sites for hydroxylation is 1. The standard InChI is InChI=1S/C22H26N2OSi/c1-3-4-16-22(23-24-22)17-18-25-26(2,21-13-9-6-10-14-21)19-15-20-11-7-5-8-12-20/h1,5-14H,4,15-19H2,2H3. The lowest BCUT2D eigenvalue weighted by Gasteiger charge is -2.28. The highest BCUT2D eigenvalue weighted by molar-refractivity contribution is 6.85. The Morgan fingerprint density at radius 2 is 1.65 bits per heavy atom. The van der Waals surface area contributed by atoms with E-state index in [0.717, 1.165) is 25.3 Å². The summed E-state index contributed by atoms with van der Waals surface area (Å²) in [5.74, 6) is 2.68. The number of benzene rings is 2. The van der Waals surface area contributed by atoms with Crippen LogP contribution in [0.25, 0.3) is 0 Å². The van der Waals surface area contributed by atoms with Gasteiger partial charge in [-0.2, -0.15) is 10.2 Å². The quantitative estimate of drug-likeness (QED) is 0.446. The number of hydrogen-bond acceptors (Lipinski definition) is 3. The molecule has 0 saturated heterocycles. The van der Waals surface area contributed by atoms with E-state index >= 15 is 0 Å². The molecule has 26 heavy (non-hydrogen) atoms. The Morgan fingerprint density at radius 3 is 2.27 bits per heavy atom. The molecule has 0 aromatic heterocycles. The van der Waals surface area contributed by atoms with Crippen molar-refractivity contribution in [2.75, 3.05) is 6.61 Å². The minimum absolute atomic E-state index is 0.266. The van der Waals surface area contributed by atoms with E-state index < -0.39 is 8.32 Å². The molecule has 0 spiro atoms. The molecule has 2 aromatic rings. The lowest BCUT2D eigenvalue weighted by molar-refractivity contribution is 0.277.